The Balaban J connectivity index is 1.86. The van der Waals surface area contributed by atoms with Gasteiger partial charge in [-0.15, -0.1) is 0 Å². The minimum absolute atomic E-state index is 0.581. The monoisotopic (exact) mass is 238 g/mol. The van der Waals surface area contributed by atoms with E-state index in [2.05, 4.69) is 20.2 Å². The minimum Gasteiger partial charge on any atom is -0.370 e. The lowest BCUT2D eigenvalue weighted by Crippen LogP contribution is -1.95. The Labute approximate surface area is 103 Å². The fraction of sp³-hybridized carbons (Fsp3) is 0.154. The van der Waals surface area contributed by atoms with Crippen LogP contribution in [0.25, 0.3) is 22.3 Å². The van der Waals surface area contributed by atoms with E-state index < -0.39 is 0 Å². The SMILES string of the molecule is c1cc2cn[nH]c2cc1-c1ncc2c(n1)COC2. The third-order valence-corrected chi connectivity index (χ3v) is 3.15. The summed E-state index contributed by atoms with van der Waals surface area (Å²) in [7, 11) is 0. The second-order valence-electron chi connectivity index (χ2n) is 4.33. The van der Waals surface area contributed by atoms with Gasteiger partial charge in [-0.1, -0.05) is 12.1 Å². The second-order valence-corrected chi connectivity index (χ2v) is 4.33. The average Bonchev–Trinajstić information content (AvgIpc) is 3.05. The first kappa shape index (κ1) is 9.73. The largest absolute Gasteiger partial charge is 0.370 e. The Bertz CT molecular complexity index is 735. The maximum Gasteiger partial charge on any atom is 0.159 e. The highest BCUT2D eigenvalue weighted by atomic mass is 16.5. The van der Waals surface area contributed by atoms with Crippen LogP contribution >= 0.6 is 0 Å². The fourth-order valence-electron chi connectivity index (χ4n) is 2.16. The van der Waals surface area contributed by atoms with Gasteiger partial charge in [0.05, 0.1) is 30.6 Å². The molecular weight excluding hydrogens is 228 g/mol. The highest BCUT2D eigenvalue weighted by molar-refractivity contribution is 5.82. The summed E-state index contributed by atoms with van der Waals surface area (Å²) in [5.74, 6) is 0.732. The molecule has 1 aliphatic rings. The van der Waals surface area contributed by atoms with E-state index in [1.807, 2.05) is 24.4 Å². The second kappa shape index (κ2) is 3.61. The fourth-order valence-corrected chi connectivity index (χ4v) is 2.16. The van der Waals surface area contributed by atoms with Crippen molar-refractivity contribution in [1.82, 2.24) is 20.2 Å². The molecule has 5 heteroatoms. The van der Waals surface area contributed by atoms with E-state index in [0.717, 1.165) is 33.5 Å². The molecule has 1 N–H and O–H groups in total. The van der Waals surface area contributed by atoms with Gasteiger partial charge in [0, 0.05) is 22.7 Å². The van der Waals surface area contributed by atoms with E-state index in [1.54, 1.807) is 6.20 Å². The van der Waals surface area contributed by atoms with Gasteiger partial charge < -0.3 is 4.74 Å². The zero-order chi connectivity index (χ0) is 11.9. The standard InChI is InChI=1S/C13H10N4O/c1-2-9-5-15-17-11(9)3-8(1)13-14-4-10-6-18-7-12(10)16-13/h1-5H,6-7H2,(H,15,17). The van der Waals surface area contributed by atoms with Gasteiger partial charge in [0.15, 0.2) is 5.82 Å². The third-order valence-electron chi connectivity index (χ3n) is 3.15. The zero-order valence-corrected chi connectivity index (χ0v) is 9.55. The summed E-state index contributed by atoms with van der Waals surface area (Å²) >= 11 is 0. The van der Waals surface area contributed by atoms with Crippen LogP contribution in [-0.4, -0.2) is 20.2 Å². The zero-order valence-electron chi connectivity index (χ0n) is 9.55. The molecule has 3 heterocycles. The van der Waals surface area contributed by atoms with Crippen molar-refractivity contribution in [2.45, 2.75) is 13.2 Å². The molecule has 0 radical (unpaired) electrons. The minimum atomic E-state index is 0.581. The van der Waals surface area contributed by atoms with Gasteiger partial charge in [-0.3, -0.25) is 5.10 Å². The number of aromatic amines is 1. The van der Waals surface area contributed by atoms with Crippen molar-refractivity contribution in [2.75, 3.05) is 0 Å². The van der Waals surface area contributed by atoms with Gasteiger partial charge in [0.25, 0.3) is 0 Å². The van der Waals surface area contributed by atoms with Crippen LogP contribution < -0.4 is 0 Å². The van der Waals surface area contributed by atoms with Crippen LogP contribution in [0.3, 0.4) is 0 Å². The molecule has 88 valence electrons. The van der Waals surface area contributed by atoms with E-state index in [9.17, 15) is 0 Å². The van der Waals surface area contributed by atoms with Crippen molar-refractivity contribution in [2.24, 2.45) is 0 Å². The molecule has 0 bridgehead atoms. The summed E-state index contributed by atoms with van der Waals surface area (Å²) in [5, 5.41) is 8.05. The van der Waals surface area contributed by atoms with Gasteiger partial charge in [0.2, 0.25) is 0 Å². The van der Waals surface area contributed by atoms with E-state index in [-0.39, 0.29) is 0 Å². The Hall–Kier alpha value is -2.27. The molecule has 0 spiro atoms. The van der Waals surface area contributed by atoms with Gasteiger partial charge in [-0.2, -0.15) is 5.10 Å². The summed E-state index contributed by atoms with van der Waals surface area (Å²) in [6.45, 7) is 1.20. The first-order valence-corrected chi connectivity index (χ1v) is 5.76. The molecule has 0 fully saturated rings. The van der Waals surface area contributed by atoms with E-state index >= 15 is 0 Å². The van der Waals surface area contributed by atoms with Gasteiger partial charge in [-0.05, 0) is 6.07 Å². The van der Waals surface area contributed by atoms with Crippen LogP contribution in [0.2, 0.25) is 0 Å². The maximum absolute atomic E-state index is 5.34. The molecule has 0 atom stereocenters. The van der Waals surface area contributed by atoms with Crippen molar-refractivity contribution in [1.29, 1.82) is 0 Å². The van der Waals surface area contributed by atoms with Crippen LogP contribution in [0, 0.1) is 0 Å². The Kier molecular flexibility index (Phi) is 1.95. The van der Waals surface area contributed by atoms with E-state index in [4.69, 9.17) is 4.74 Å². The molecule has 5 nitrogen and oxygen atoms in total. The number of fused-ring (bicyclic) bond motifs is 2. The van der Waals surface area contributed by atoms with Crippen molar-refractivity contribution >= 4 is 10.9 Å². The van der Waals surface area contributed by atoms with E-state index in [1.165, 1.54) is 0 Å². The van der Waals surface area contributed by atoms with Crippen LogP contribution in [-0.2, 0) is 18.0 Å². The molecule has 0 saturated carbocycles. The van der Waals surface area contributed by atoms with Gasteiger partial charge in [-0.25, -0.2) is 9.97 Å². The van der Waals surface area contributed by atoms with Crippen molar-refractivity contribution in [3.63, 3.8) is 0 Å². The Morgan fingerprint density at radius 3 is 3.17 bits per heavy atom. The molecule has 18 heavy (non-hydrogen) atoms. The summed E-state index contributed by atoms with van der Waals surface area (Å²) in [6.07, 6.45) is 3.65. The average molecular weight is 238 g/mol. The number of ether oxygens (including phenoxy) is 1. The summed E-state index contributed by atoms with van der Waals surface area (Å²) in [5.41, 5.74) is 4.06. The normalized spacial score (nSPS) is 14.0. The third kappa shape index (κ3) is 1.41. The lowest BCUT2D eigenvalue weighted by molar-refractivity contribution is 0.133. The highest BCUT2D eigenvalue weighted by Gasteiger charge is 2.14. The first-order chi connectivity index (χ1) is 8.90. The predicted molar refractivity (Wildman–Crippen MR) is 65.6 cm³/mol. The lowest BCUT2D eigenvalue weighted by Gasteiger charge is -2.02. The number of nitrogens with zero attached hydrogens (tertiary/aromatic N) is 3. The van der Waals surface area contributed by atoms with Crippen LogP contribution in [0.4, 0.5) is 0 Å². The van der Waals surface area contributed by atoms with Crippen molar-refractivity contribution in [3.05, 3.63) is 41.9 Å². The number of aromatic nitrogens is 4. The van der Waals surface area contributed by atoms with Crippen LogP contribution in [0.15, 0.2) is 30.6 Å². The molecule has 0 saturated heterocycles. The lowest BCUT2D eigenvalue weighted by atomic mass is 10.1. The Morgan fingerprint density at radius 1 is 1.17 bits per heavy atom. The number of nitrogens with one attached hydrogen (secondary N) is 1. The maximum atomic E-state index is 5.34. The molecule has 2 aromatic heterocycles. The number of rotatable bonds is 1. The summed E-state index contributed by atoms with van der Waals surface area (Å²) in [6, 6.07) is 6.04. The molecule has 1 aliphatic heterocycles. The molecule has 0 aliphatic carbocycles. The summed E-state index contributed by atoms with van der Waals surface area (Å²) < 4.78 is 5.34. The molecule has 3 aromatic rings. The first-order valence-electron chi connectivity index (χ1n) is 5.76. The number of H-pyrrole nitrogens is 1. The topological polar surface area (TPSA) is 63.7 Å². The molecular formula is C13H10N4O. The molecule has 0 unspecified atom stereocenters. The molecule has 0 amide bonds. The summed E-state index contributed by atoms with van der Waals surface area (Å²) in [4.78, 5) is 8.93. The van der Waals surface area contributed by atoms with Crippen LogP contribution in [0.1, 0.15) is 11.3 Å². The van der Waals surface area contributed by atoms with E-state index in [0.29, 0.717) is 13.2 Å². The highest BCUT2D eigenvalue weighted by Crippen LogP contribution is 2.23. The molecule has 4 rings (SSSR count). The number of hydrogen-bond acceptors (Lipinski definition) is 4. The molecule has 1 aromatic carbocycles. The smallest absolute Gasteiger partial charge is 0.159 e. The van der Waals surface area contributed by atoms with Gasteiger partial charge >= 0.3 is 0 Å². The van der Waals surface area contributed by atoms with Gasteiger partial charge in [0.1, 0.15) is 0 Å². The number of hydrogen-bond donors (Lipinski definition) is 1. The van der Waals surface area contributed by atoms with Crippen LogP contribution in [0.5, 0.6) is 0 Å². The quantitative estimate of drug-likeness (QED) is 0.704. The Morgan fingerprint density at radius 2 is 2.17 bits per heavy atom. The predicted octanol–water partition coefficient (Wildman–Crippen LogP) is 2.05. The van der Waals surface area contributed by atoms with Crippen molar-refractivity contribution < 1.29 is 4.74 Å². The van der Waals surface area contributed by atoms with Crippen molar-refractivity contribution in [3.8, 4) is 11.4 Å². The number of benzene rings is 1.